The van der Waals surface area contributed by atoms with Crippen molar-refractivity contribution < 1.29 is 0 Å². The van der Waals surface area contributed by atoms with Crippen molar-refractivity contribution in [3.63, 3.8) is 0 Å². The molecule has 1 aliphatic heterocycles. The third kappa shape index (κ3) is 2.63. The molecule has 1 heterocycles. The summed E-state index contributed by atoms with van der Waals surface area (Å²) >= 11 is 0. The minimum Gasteiger partial charge on any atom is -0.344 e. The van der Waals surface area contributed by atoms with Gasteiger partial charge in [-0.2, -0.15) is 0 Å². The fraction of sp³-hybridized carbons (Fsp3) is 1.00. The molecule has 1 N–H and O–H groups in total. The number of rotatable bonds is 4. The first kappa shape index (κ1) is 16.4. The molecule has 1 saturated heterocycles. The Bertz CT molecular complexity index is 247. The summed E-state index contributed by atoms with van der Waals surface area (Å²) in [6, 6.07) is 0. The lowest BCUT2D eigenvalue weighted by atomic mass is 11.2. The van der Waals surface area contributed by atoms with E-state index in [0.29, 0.717) is 0 Å². The Labute approximate surface area is 118 Å². The lowest BCUT2D eigenvalue weighted by molar-refractivity contribution is 0.0871. The van der Waals surface area contributed by atoms with Gasteiger partial charge in [-0.25, -0.2) is 8.68 Å². The van der Waals surface area contributed by atoms with Crippen molar-refractivity contribution in [2.75, 3.05) is 56.4 Å². The van der Waals surface area contributed by atoms with Gasteiger partial charge in [0.05, 0.1) is 0 Å². The maximum absolute atomic E-state index is 3.74. The van der Waals surface area contributed by atoms with E-state index >= 15 is 0 Å². The lowest BCUT2D eigenvalue weighted by Gasteiger charge is -2.59. The first-order chi connectivity index (χ1) is 8.26. The van der Waals surface area contributed by atoms with E-state index in [1.165, 1.54) is 0 Å². The van der Waals surface area contributed by atoms with E-state index < -0.39 is 28.4 Å². The molecule has 1 rings (SSSR count). The summed E-state index contributed by atoms with van der Waals surface area (Å²) in [6.07, 6.45) is 0. The largest absolute Gasteiger partial charge is 0.391 e. The van der Waals surface area contributed by atoms with Crippen LogP contribution in [-0.4, -0.2) is 113 Å². The van der Waals surface area contributed by atoms with Crippen LogP contribution in [0.25, 0.3) is 0 Å². The smallest absolute Gasteiger partial charge is 0.344 e. The Morgan fingerprint density at radius 1 is 0.722 bits per heavy atom. The molecule has 18 heavy (non-hydrogen) atoms. The molecule has 0 aromatic carbocycles. The Hall–Kier alpha value is 0.371. The van der Waals surface area contributed by atoms with E-state index in [4.69, 9.17) is 0 Å². The molecule has 0 atom stereocenters. The quantitative estimate of drug-likeness (QED) is 0.545. The average Bonchev–Trinajstić information content (AvgIpc) is 2.26. The van der Waals surface area contributed by atoms with Crippen molar-refractivity contribution in [1.82, 2.24) is 32.5 Å². The van der Waals surface area contributed by atoms with Crippen LogP contribution in [0.3, 0.4) is 0 Å². The van der Waals surface area contributed by atoms with Crippen LogP contribution in [0.15, 0.2) is 0 Å². The molecule has 0 spiro atoms. The molecule has 1 aliphatic rings. The minimum absolute atomic E-state index is 0.397. The highest BCUT2D eigenvalue weighted by Crippen LogP contribution is 2.22. The van der Waals surface area contributed by atoms with E-state index in [2.05, 4.69) is 88.9 Å². The molecule has 0 aliphatic carbocycles. The van der Waals surface area contributed by atoms with Gasteiger partial charge in [0.15, 0.2) is 19.7 Å². The second-order valence-electron chi connectivity index (χ2n) is 5.45. The second kappa shape index (κ2) is 6.21. The molecular weight excluding hydrogens is 278 g/mol. The summed E-state index contributed by atoms with van der Waals surface area (Å²) in [5, 5.41) is 4.55. The molecule has 0 saturated carbocycles. The van der Waals surface area contributed by atoms with Crippen LogP contribution in [-0.2, 0) is 0 Å². The number of hydrazine groups is 2. The summed E-state index contributed by atoms with van der Waals surface area (Å²) in [7, 11) is 14.7. The highest BCUT2D eigenvalue weighted by atomic mass is 28.4. The monoisotopic (exact) mass is 307 g/mol. The SMILES string of the molecule is CN(C)N1[SiH2]N[SiH2]N(N(C)C)[Si]1(N(C)C)N(C)C. The van der Waals surface area contributed by atoms with Crippen LogP contribution in [0.1, 0.15) is 0 Å². The number of nitrogens with one attached hydrogen (secondary N) is 1. The molecule has 0 amide bonds. The average molecular weight is 308 g/mol. The fourth-order valence-corrected chi connectivity index (χ4v) is 18.1. The maximum Gasteiger partial charge on any atom is 0.391 e. The zero-order chi connectivity index (χ0) is 14.1. The number of nitrogens with zero attached hydrogens (tertiary/aromatic N) is 6. The van der Waals surface area contributed by atoms with E-state index in [9.17, 15) is 0 Å². The Kier molecular flexibility index (Phi) is 5.67. The van der Waals surface area contributed by atoms with Gasteiger partial charge in [0.1, 0.15) is 0 Å². The van der Waals surface area contributed by atoms with Crippen LogP contribution >= 0.6 is 0 Å². The second-order valence-corrected chi connectivity index (χ2v) is 14.6. The summed E-state index contributed by atoms with van der Waals surface area (Å²) < 4.78 is 13.8. The highest BCUT2D eigenvalue weighted by molar-refractivity contribution is 6.83. The normalized spacial score (nSPS) is 25.3. The Balaban J connectivity index is 3.27. The summed E-state index contributed by atoms with van der Waals surface area (Å²) in [5.74, 6) is 0. The topological polar surface area (TPSA) is 31.5 Å². The minimum atomic E-state index is -1.98. The number of hydrogen-bond donors (Lipinski definition) is 1. The molecule has 0 aromatic rings. The molecule has 10 heteroatoms. The van der Waals surface area contributed by atoms with E-state index in [1.54, 1.807) is 0 Å². The van der Waals surface area contributed by atoms with Gasteiger partial charge in [-0.3, -0.25) is 19.1 Å². The molecule has 7 nitrogen and oxygen atoms in total. The lowest BCUT2D eigenvalue weighted by Crippen LogP contribution is -2.89. The third-order valence-electron chi connectivity index (χ3n) is 3.38. The van der Waals surface area contributed by atoms with E-state index in [1.807, 2.05) is 0 Å². The van der Waals surface area contributed by atoms with Gasteiger partial charge in [-0.05, 0) is 28.2 Å². The van der Waals surface area contributed by atoms with E-state index in [0.717, 1.165) is 0 Å². The van der Waals surface area contributed by atoms with Crippen LogP contribution in [0.5, 0.6) is 0 Å². The van der Waals surface area contributed by atoms with Crippen molar-refractivity contribution >= 4 is 28.4 Å². The standard InChI is InChI=1S/C8H29N7Si3/c1-10(2)14-16-9-17-15(11(3)4)18(14,12(5)6)13(7)8/h9H,16-17H2,1-8H3. The first-order valence-electron chi connectivity index (χ1n) is 6.21. The predicted octanol–water partition coefficient (Wildman–Crippen LogP) is -3.30. The van der Waals surface area contributed by atoms with Crippen molar-refractivity contribution in [3.8, 4) is 0 Å². The fourth-order valence-electron chi connectivity index (χ4n) is 2.75. The van der Waals surface area contributed by atoms with Crippen LogP contribution in [0, 0.1) is 0 Å². The van der Waals surface area contributed by atoms with Crippen molar-refractivity contribution in [1.29, 1.82) is 0 Å². The van der Waals surface area contributed by atoms with Gasteiger partial charge in [0.2, 0.25) is 0 Å². The summed E-state index contributed by atoms with van der Waals surface area (Å²) in [5.41, 5.74) is 0. The predicted molar refractivity (Wildman–Crippen MR) is 84.4 cm³/mol. The van der Waals surface area contributed by atoms with Gasteiger partial charge in [0.25, 0.3) is 0 Å². The molecule has 1 fully saturated rings. The van der Waals surface area contributed by atoms with Gasteiger partial charge in [0, 0.05) is 28.2 Å². The van der Waals surface area contributed by atoms with Gasteiger partial charge in [-0.1, -0.05) is 0 Å². The van der Waals surface area contributed by atoms with Gasteiger partial charge < -0.3 is 4.65 Å². The molecule has 0 unspecified atom stereocenters. The van der Waals surface area contributed by atoms with Crippen molar-refractivity contribution in [3.05, 3.63) is 0 Å². The van der Waals surface area contributed by atoms with Crippen LogP contribution in [0.4, 0.5) is 0 Å². The van der Waals surface area contributed by atoms with Gasteiger partial charge >= 0.3 is 8.72 Å². The highest BCUT2D eigenvalue weighted by Gasteiger charge is 2.55. The zero-order valence-corrected chi connectivity index (χ0v) is 16.9. The summed E-state index contributed by atoms with van der Waals surface area (Å²) in [4.78, 5) is 0. The maximum atomic E-state index is 3.74. The molecule has 0 aromatic heterocycles. The molecule has 0 radical (unpaired) electrons. The van der Waals surface area contributed by atoms with Crippen molar-refractivity contribution in [2.45, 2.75) is 0 Å². The molecule has 108 valence electrons. The zero-order valence-electron chi connectivity index (χ0n) is 13.1. The van der Waals surface area contributed by atoms with Crippen molar-refractivity contribution in [2.24, 2.45) is 0 Å². The first-order valence-corrected chi connectivity index (χ1v) is 10.7. The summed E-state index contributed by atoms with van der Waals surface area (Å²) in [6.45, 7) is 0. The van der Waals surface area contributed by atoms with Crippen LogP contribution < -0.4 is 4.65 Å². The Morgan fingerprint density at radius 2 is 1.06 bits per heavy atom. The third-order valence-corrected chi connectivity index (χ3v) is 15.0. The molecular formula is C8H29N7Si3. The number of hydrogen-bond acceptors (Lipinski definition) is 7. The van der Waals surface area contributed by atoms with Crippen LogP contribution in [0.2, 0.25) is 0 Å². The van der Waals surface area contributed by atoms with E-state index in [-0.39, 0.29) is 0 Å². The van der Waals surface area contributed by atoms with Gasteiger partial charge in [-0.15, -0.1) is 0 Å². The Morgan fingerprint density at radius 3 is 1.28 bits per heavy atom. The molecule has 0 bridgehead atoms.